The number of benzene rings is 2. The highest BCUT2D eigenvalue weighted by molar-refractivity contribution is 9.10. The monoisotopic (exact) mass is 420 g/mol. The van der Waals surface area contributed by atoms with Crippen molar-refractivity contribution in [1.29, 1.82) is 0 Å². The zero-order valence-electron chi connectivity index (χ0n) is 14.0. The fourth-order valence-electron chi connectivity index (χ4n) is 2.66. The van der Waals surface area contributed by atoms with Crippen LogP contribution in [0.15, 0.2) is 53.0 Å². The molecule has 0 radical (unpaired) electrons. The minimum absolute atomic E-state index is 0.00352. The predicted octanol–water partition coefficient (Wildman–Crippen LogP) is 3.27. The Hall–Kier alpha value is -2.41. The molecule has 2 amide bonds. The number of carbonyl (C=O) groups is 2. The molecule has 5 nitrogen and oxygen atoms in total. The van der Waals surface area contributed by atoms with Crippen LogP contribution in [0.4, 0.5) is 9.18 Å². The zero-order valence-corrected chi connectivity index (χ0v) is 15.5. The number of nitrogens with zero attached hydrogens (tertiary/aromatic N) is 1. The normalized spacial score (nSPS) is 13.8. The number of rotatable bonds is 5. The van der Waals surface area contributed by atoms with Crippen LogP contribution in [0, 0.1) is 5.82 Å². The third-order valence-corrected chi connectivity index (χ3v) is 4.75. The molecule has 0 atom stereocenters. The standard InChI is InChI=1S/C19H18BrFN2O3/c20-16-8-4-7-14(18(16)21)9-17(24)23-10-15(11-23)22-19(25)26-12-13-5-2-1-3-6-13/h1-8,15H,9-12H2,(H,22,25). The second-order valence-corrected chi connectivity index (χ2v) is 6.95. The molecule has 3 rings (SSSR count). The Bertz CT molecular complexity index is 795. The molecule has 0 bridgehead atoms. The summed E-state index contributed by atoms with van der Waals surface area (Å²) in [6.07, 6.45) is -0.514. The second-order valence-electron chi connectivity index (χ2n) is 6.09. The van der Waals surface area contributed by atoms with Gasteiger partial charge in [0.1, 0.15) is 12.4 Å². The van der Waals surface area contributed by atoms with E-state index in [1.807, 2.05) is 30.3 Å². The molecule has 1 fully saturated rings. The molecule has 1 heterocycles. The van der Waals surface area contributed by atoms with Gasteiger partial charge in [0.15, 0.2) is 0 Å². The summed E-state index contributed by atoms with van der Waals surface area (Å²) in [7, 11) is 0. The van der Waals surface area contributed by atoms with E-state index in [1.165, 1.54) is 0 Å². The van der Waals surface area contributed by atoms with Gasteiger partial charge in [-0.3, -0.25) is 4.79 Å². The number of likely N-dealkylation sites (tertiary alicyclic amines) is 1. The van der Waals surface area contributed by atoms with Crippen molar-refractivity contribution < 1.29 is 18.7 Å². The lowest BCUT2D eigenvalue weighted by atomic mass is 10.1. The Labute approximate surface area is 159 Å². The van der Waals surface area contributed by atoms with Gasteiger partial charge in [0.2, 0.25) is 5.91 Å². The molecule has 2 aromatic rings. The molecule has 1 N–H and O–H groups in total. The SMILES string of the molecule is O=C(NC1CN(C(=O)Cc2cccc(Br)c2F)C1)OCc1ccccc1. The van der Waals surface area contributed by atoms with Gasteiger partial charge in [0.25, 0.3) is 0 Å². The number of nitrogens with one attached hydrogen (secondary N) is 1. The molecule has 0 aliphatic carbocycles. The molecule has 7 heteroatoms. The van der Waals surface area contributed by atoms with Crippen molar-refractivity contribution in [3.63, 3.8) is 0 Å². The van der Waals surface area contributed by atoms with Gasteiger partial charge in [-0.1, -0.05) is 42.5 Å². The Balaban J connectivity index is 1.40. The Morgan fingerprint density at radius 1 is 1.15 bits per heavy atom. The summed E-state index contributed by atoms with van der Waals surface area (Å²) in [5.74, 6) is -0.585. The van der Waals surface area contributed by atoms with Crippen LogP contribution >= 0.6 is 15.9 Å². The molecular weight excluding hydrogens is 403 g/mol. The maximum absolute atomic E-state index is 13.9. The number of hydrogen-bond donors (Lipinski definition) is 1. The predicted molar refractivity (Wildman–Crippen MR) is 97.9 cm³/mol. The van der Waals surface area contributed by atoms with E-state index in [9.17, 15) is 14.0 Å². The summed E-state index contributed by atoms with van der Waals surface area (Å²) in [6.45, 7) is 0.994. The number of halogens is 2. The Kier molecular flexibility index (Phi) is 5.88. The zero-order chi connectivity index (χ0) is 18.5. The van der Waals surface area contributed by atoms with Gasteiger partial charge >= 0.3 is 6.09 Å². The summed E-state index contributed by atoms with van der Waals surface area (Å²) < 4.78 is 19.4. The highest BCUT2D eigenvalue weighted by Gasteiger charge is 2.32. The van der Waals surface area contributed by atoms with E-state index in [0.717, 1.165) is 5.56 Å². The number of alkyl carbamates (subject to hydrolysis) is 1. The van der Waals surface area contributed by atoms with E-state index in [2.05, 4.69) is 21.2 Å². The van der Waals surface area contributed by atoms with E-state index in [0.29, 0.717) is 23.1 Å². The van der Waals surface area contributed by atoms with Crippen molar-refractivity contribution in [3.8, 4) is 0 Å². The fourth-order valence-corrected chi connectivity index (χ4v) is 3.07. The first-order valence-corrected chi connectivity index (χ1v) is 9.00. The van der Waals surface area contributed by atoms with Gasteiger partial charge in [0, 0.05) is 13.1 Å². The highest BCUT2D eigenvalue weighted by Crippen LogP contribution is 2.20. The lowest BCUT2D eigenvalue weighted by molar-refractivity contribution is -0.135. The van der Waals surface area contributed by atoms with Crippen molar-refractivity contribution in [2.45, 2.75) is 19.1 Å². The molecule has 0 spiro atoms. The first-order valence-electron chi connectivity index (χ1n) is 8.21. The molecular formula is C19H18BrFN2O3. The maximum Gasteiger partial charge on any atom is 0.407 e. The number of hydrogen-bond acceptors (Lipinski definition) is 3. The number of carbonyl (C=O) groups excluding carboxylic acids is 2. The second kappa shape index (κ2) is 8.31. The Morgan fingerprint density at radius 2 is 1.88 bits per heavy atom. The van der Waals surface area contributed by atoms with Crippen molar-refractivity contribution in [1.82, 2.24) is 10.2 Å². The summed E-state index contributed by atoms with van der Waals surface area (Å²) in [5.41, 5.74) is 1.26. The van der Waals surface area contributed by atoms with Crippen LogP contribution in [-0.2, 0) is 22.6 Å². The van der Waals surface area contributed by atoms with Crippen LogP contribution in [0.25, 0.3) is 0 Å². The van der Waals surface area contributed by atoms with E-state index >= 15 is 0 Å². The summed E-state index contributed by atoms with van der Waals surface area (Å²) >= 11 is 3.11. The molecule has 0 unspecified atom stereocenters. The number of amides is 2. The minimum Gasteiger partial charge on any atom is -0.445 e. The first kappa shape index (κ1) is 18.4. The van der Waals surface area contributed by atoms with Crippen LogP contribution in [0.2, 0.25) is 0 Å². The van der Waals surface area contributed by atoms with Crippen LogP contribution in [0.3, 0.4) is 0 Å². The third kappa shape index (κ3) is 4.60. The van der Waals surface area contributed by atoms with Crippen LogP contribution in [-0.4, -0.2) is 36.0 Å². The molecule has 0 saturated carbocycles. The maximum atomic E-state index is 13.9. The molecule has 1 aliphatic rings. The van der Waals surface area contributed by atoms with Crippen LogP contribution in [0.1, 0.15) is 11.1 Å². The molecule has 26 heavy (non-hydrogen) atoms. The Morgan fingerprint density at radius 3 is 2.62 bits per heavy atom. The van der Waals surface area contributed by atoms with E-state index in [-0.39, 0.29) is 25.0 Å². The summed E-state index contributed by atoms with van der Waals surface area (Å²) in [5, 5.41) is 2.72. The number of ether oxygens (including phenoxy) is 1. The van der Waals surface area contributed by atoms with E-state index in [4.69, 9.17) is 4.74 Å². The van der Waals surface area contributed by atoms with Crippen LogP contribution < -0.4 is 5.32 Å². The van der Waals surface area contributed by atoms with Gasteiger partial charge in [-0.25, -0.2) is 9.18 Å². The summed E-state index contributed by atoms with van der Waals surface area (Å²) in [6, 6.07) is 14.1. The molecule has 1 aliphatic heterocycles. The largest absolute Gasteiger partial charge is 0.445 e. The quantitative estimate of drug-likeness (QED) is 0.807. The van der Waals surface area contributed by atoms with Crippen LogP contribution in [0.5, 0.6) is 0 Å². The molecule has 136 valence electrons. The van der Waals surface area contributed by atoms with Gasteiger partial charge in [-0.05, 0) is 33.1 Å². The average molecular weight is 421 g/mol. The third-order valence-electron chi connectivity index (χ3n) is 4.14. The smallest absolute Gasteiger partial charge is 0.407 e. The van der Waals surface area contributed by atoms with Crippen molar-refractivity contribution >= 4 is 27.9 Å². The fraction of sp³-hybridized carbons (Fsp3) is 0.263. The van der Waals surface area contributed by atoms with E-state index in [1.54, 1.807) is 23.1 Å². The average Bonchev–Trinajstić information content (AvgIpc) is 2.60. The van der Waals surface area contributed by atoms with Gasteiger partial charge in [-0.2, -0.15) is 0 Å². The van der Waals surface area contributed by atoms with E-state index < -0.39 is 11.9 Å². The molecule has 2 aromatic carbocycles. The topological polar surface area (TPSA) is 58.6 Å². The van der Waals surface area contributed by atoms with Gasteiger partial charge < -0.3 is 15.0 Å². The van der Waals surface area contributed by atoms with Gasteiger partial charge in [-0.15, -0.1) is 0 Å². The van der Waals surface area contributed by atoms with Gasteiger partial charge in [0.05, 0.1) is 16.9 Å². The minimum atomic E-state index is -0.510. The van der Waals surface area contributed by atoms with Crippen molar-refractivity contribution in [3.05, 3.63) is 69.9 Å². The molecule has 0 aromatic heterocycles. The summed E-state index contributed by atoms with van der Waals surface area (Å²) in [4.78, 5) is 25.6. The molecule has 1 saturated heterocycles. The lowest BCUT2D eigenvalue weighted by Crippen LogP contribution is -2.61. The highest BCUT2D eigenvalue weighted by atomic mass is 79.9. The first-order chi connectivity index (χ1) is 12.5. The lowest BCUT2D eigenvalue weighted by Gasteiger charge is -2.39. The van der Waals surface area contributed by atoms with Crippen molar-refractivity contribution in [2.75, 3.05) is 13.1 Å². The van der Waals surface area contributed by atoms with Crippen molar-refractivity contribution in [2.24, 2.45) is 0 Å².